The summed E-state index contributed by atoms with van der Waals surface area (Å²) in [5.74, 6) is -0.558. The van der Waals surface area contributed by atoms with Crippen molar-refractivity contribution in [1.29, 1.82) is 0 Å². The van der Waals surface area contributed by atoms with E-state index in [1.54, 1.807) is 66.7 Å². The number of nitrogens with one attached hydrogen (secondary N) is 3. The van der Waals surface area contributed by atoms with E-state index >= 15 is 0 Å². The molecule has 1 atom stereocenters. The lowest BCUT2D eigenvalue weighted by atomic mass is 10.0. The number of hydrazone groups is 1. The maximum absolute atomic E-state index is 13.4. The fourth-order valence-corrected chi connectivity index (χ4v) is 4.37. The number of benzene rings is 4. The highest BCUT2D eigenvalue weighted by Gasteiger charge is 2.27. The Kier molecular flexibility index (Phi) is 8.61. The summed E-state index contributed by atoms with van der Waals surface area (Å²) in [5.41, 5.74) is 4.26. The molecule has 1 aromatic heterocycles. The minimum atomic E-state index is -1.26. The van der Waals surface area contributed by atoms with Crippen molar-refractivity contribution in [3.63, 3.8) is 0 Å². The van der Waals surface area contributed by atoms with Gasteiger partial charge in [-0.05, 0) is 48.0 Å². The number of aromatic amines is 1. The monoisotopic (exact) mass is 609 g/mol. The minimum Gasteiger partial charge on any atom is -0.488 e. The Balaban J connectivity index is 1.38. The lowest BCUT2D eigenvalue weighted by Crippen LogP contribution is -2.40. The van der Waals surface area contributed by atoms with E-state index in [1.807, 2.05) is 36.4 Å². The fourth-order valence-electron chi connectivity index (χ4n) is 4.11. The number of halogens is 1. The number of rotatable bonds is 9. The second-order valence-corrected chi connectivity index (χ2v) is 9.86. The highest BCUT2D eigenvalue weighted by molar-refractivity contribution is 9.10. The van der Waals surface area contributed by atoms with Gasteiger partial charge in [0, 0.05) is 21.0 Å². The summed E-state index contributed by atoms with van der Waals surface area (Å²) < 4.78 is 6.96. The van der Waals surface area contributed by atoms with E-state index < -0.39 is 23.4 Å². The Bertz CT molecular complexity index is 1770. The molecule has 4 aromatic carbocycles. The zero-order valence-electron chi connectivity index (χ0n) is 21.6. The third-order valence-electron chi connectivity index (χ3n) is 6.18. The summed E-state index contributed by atoms with van der Waals surface area (Å²) in [4.78, 5) is 38.8. The van der Waals surface area contributed by atoms with Gasteiger partial charge in [-0.25, -0.2) is 10.5 Å². The second-order valence-electron chi connectivity index (χ2n) is 8.94. The highest BCUT2D eigenvalue weighted by atomic mass is 79.9. The molecule has 0 fully saturated rings. The summed E-state index contributed by atoms with van der Waals surface area (Å²) in [6.45, 7) is 0.350. The van der Waals surface area contributed by atoms with Gasteiger partial charge in [0.2, 0.25) is 0 Å². The van der Waals surface area contributed by atoms with Gasteiger partial charge in [0.15, 0.2) is 6.04 Å². The molecule has 9 nitrogen and oxygen atoms in total. The summed E-state index contributed by atoms with van der Waals surface area (Å²) in [7, 11) is 0. The van der Waals surface area contributed by atoms with E-state index in [9.17, 15) is 14.4 Å². The number of fused-ring (bicyclic) bond motifs is 1. The van der Waals surface area contributed by atoms with Crippen LogP contribution in [-0.2, 0) is 11.4 Å². The lowest BCUT2D eigenvalue weighted by Gasteiger charge is -2.18. The molecule has 3 N–H and O–H groups in total. The maximum Gasteiger partial charge on any atom is 0.272 e. The van der Waals surface area contributed by atoms with Gasteiger partial charge in [-0.1, -0.05) is 76.6 Å². The van der Waals surface area contributed by atoms with Crippen LogP contribution in [0.5, 0.6) is 5.75 Å². The van der Waals surface area contributed by atoms with Gasteiger partial charge in [-0.2, -0.15) is 10.2 Å². The normalized spacial score (nSPS) is 11.7. The fraction of sp³-hybridized carbons (Fsp3) is 0.0645. The van der Waals surface area contributed by atoms with Crippen LogP contribution >= 0.6 is 15.9 Å². The number of H-pyrrole nitrogens is 1. The van der Waals surface area contributed by atoms with Crippen molar-refractivity contribution in [3.8, 4) is 5.75 Å². The van der Waals surface area contributed by atoms with Gasteiger partial charge < -0.3 is 10.1 Å². The Morgan fingerprint density at radius 3 is 2.37 bits per heavy atom. The predicted molar refractivity (Wildman–Crippen MR) is 160 cm³/mol. The standard InChI is InChI=1S/C31H24BrN5O4/c32-23-16-14-20(15-17-23)19-41-26-13-7-4-10-22(26)18-33-36-31(40)28(34-29(38)21-8-2-1-3-9-21)27-24-11-5-6-12-25(24)30(39)37-35-27/h1-18,28H,19H2,(H,34,38)(H,36,40)(H,37,39)/t28-/m0/s1. The number of ether oxygens (including phenoxy) is 1. The van der Waals surface area contributed by atoms with Crippen LogP contribution in [0.2, 0.25) is 0 Å². The summed E-state index contributed by atoms with van der Waals surface area (Å²) in [6.07, 6.45) is 1.46. The van der Waals surface area contributed by atoms with Crippen molar-refractivity contribution in [2.45, 2.75) is 12.6 Å². The molecule has 0 aliphatic heterocycles. The molecule has 0 spiro atoms. The van der Waals surface area contributed by atoms with E-state index in [-0.39, 0.29) is 5.69 Å². The van der Waals surface area contributed by atoms with Crippen LogP contribution in [0.1, 0.15) is 33.2 Å². The van der Waals surface area contributed by atoms with Gasteiger partial charge in [-0.3, -0.25) is 14.4 Å². The average molecular weight is 610 g/mol. The van der Waals surface area contributed by atoms with Crippen LogP contribution in [-0.4, -0.2) is 28.2 Å². The molecule has 0 saturated heterocycles. The van der Waals surface area contributed by atoms with Crippen molar-refractivity contribution >= 4 is 44.7 Å². The molecule has 5 aromatic rings. The molecule has 0 radical (unpaired) electrons. The third-order valence-corrected chi connectivity index (χ3v) is 6.71. The molecular weight excluding hydrogens is 586 g/mol. The topological polar surface area (TPSA) is 126 Å². The first-order valence-electron chi connectivity index (χ1n) is 12.6. The number of hydrogen-bond donors (Lipinski definition) is 3. The average Bonchev–Trinajstić information content (AvgIpc) is 3.01. The quantitative estimate of drug-likeness (QED) is 0.162. The number of hydrogen-bond acceptors (Lipinski definition) is 6. The van der Waals surface area contributed by atoms with Gasteiger partial charge in [0.05, 0.1) is 11.6 Å². The molecule has 0 aliphatic rings. The van der Waals surface area contributed by atoms with Crippen molar-refractivity contribution in [2.75, 3.05) is 0 Å². The molecule has 204 valence electrons. The first-order chi connectivity index (χ1) is 20.0. The molecule has 0 unspecified atom stereocenters. The van der Waals surface area contributed by atoms with Crippen LogP contribution in [0, 0.1) is 0 Å². The molecule has 0 bridgehead atoms. The maximum atomic E-state index is 13.4. The number of amides is 2. The molecule has 0 aliphatic carbocycles. The Morgan fingerprint density at radius 1 is 0.902 bits per heavy atom. The largest absolute Gasteiger partial charge is 0.488 e. The lowest BCUT2D eigenvalue weighted by molar-refractivity contribution is -0.123. The first-order valence-corrected chi connectivity index (χ1v) is 13.4. The number of carbonyl (C=O) groups is 2. The van der Waals surface area contributed by atoms with E-state index in [0.29, 0.717) is 34.3 Å². The van der Waals surface area contributed by atoms with Crippen LogP contribution in [0.15, 0.2) is 117 Å². The van der Waals surface area contributed by atoms with Gasteiger partial charge >= 0.3 is 0 Å². The highest BCUT2D eigenvalue weighted by Crippen LogP contribution is 2.21. The SMILES string of the molecule is O=C(N[C@H](C(=O)NN=Cc1ccccc1OCc1ccc(Br)cc1)c1n[nH]c(=O)c2ccccc12)c1ccccc1. The molecular formula is C31H24BrN5O4. The second kappa shape index (κ2) is 12.8. The smallest absolute Gasteiger partial charge is 0.272 e. The molecule has 5 rings (SSSR count). The Morgan fingerprint density at radius 2 is 1.59 bits per heavy atom. The third kappa shape index (κ3) is 6.74. The van der Waals surface area contributed by atoms with Crippen molar-refractivity contribution in [1.82, 2.24) is 20.9 Å². The van der Waals surface area contributed by atoms with E-state index in [0.717, 1.165) is 10.0 Å². The number of carbonyl (C=O) groups excluding carboxylic acids is 2. The zero-order chi connectivity index (χ0) is 28.6. The van der Waals surface area contributed by atoms with Crippen LogP contribution < -0.4 is 21.0 Å². The van der Waals surface area contributed by atoms with Gasteiger partial charge in [0.1, 0.15) is 18.1 Å². The van der Waals surface area contributed by atoms with Crippen molar-refractivity contribution < 1.29 is 14.3 Å². The molecule has 0 saturated carbocycles. The molecule has 1 heterocycles. The van der Waals surface area contributed by atoms with E-state index in [1.165, 1.54) is 6.21 Å². The Labute approximate surface area is 243 Å². The van der Waals surface area contributed by atoms with Crippen LogP contribution in [0.25, 0.3) is 10.8 Å². The summed E-state index contributed by atoms with van der Waals surface area (Å²) in [5, 5.41) is 14.2. The number of para-hydroxylation sites is 1. The summed E-state index contributed by atoms with van der Waals surface area (Å²) >= 11 is 3.42. The van der Waals surface area contributed by atoms with Crippen LogP contribution in [0.4, 0.5) is 0 Å². The number of nitrogens with zero attached hydrogens (tertiary/aromatic N) is 2. The van der Waals surface area contributed by atoms with Crippen molar-refractivity contribution in [2.24, 2.45) is 5.10 Å². The van der Waals surface area contributed by atoms with Crippen LogP contribution in [0.3, 0.4) is 0 Å². The molecule has 41 heavy (non-hydrogen) atoms. The number of aromatic nitrogens is 2. The van der Waals surface area contributed by atoms with E-state index in [4.69, 9.17) is 4.74 Å². The van der Waals surface area contributed by atoms with Gasteiger partial charge in [0.25, 0.3) is 17.4 Å². The van der Waals surface area contributed by atoms with Gasteiger partial charge in [-0.15, -0.1) is 0 Å². The zero-order valence-corrected chi connectivity index (χ0v) is 23.2. The Hall–Kier alpha value is -5.09. The minimum absolute atomic E-state index is 0.176. The molecule has 10 heteroatoms. The first kappa shape index (κ1) is 27.5. The predicted octanol–water partition coefficient (Wildman–Crippen LogP) is 4.89. The van der Waals surface area contributed by atoms with E-state index in [2.05, 4.69) is 42.0 Å². The van der Waals surface area contributed by atoms with Crippen molar-refractivity contribution in [3.05, 3.63) is 140 Å². The summed E-state index contributed by atoms with van der Waals surface area (Å²) in [6, 6.07) is 29.0. The molecule has 2 amide bonds.